The maximum Gasteiger partial charge on any atom is 0.196 e. The highest BCUT2D eigenvalue weighted by Gasteiger charge is 2.19. The van der Waals surface area contributed by atoms with Crippen molar-refractivity contribution in [1.82, 2.24) is 4.98 Å². The standard InChI is InChI=1S/C11H15ClN2O2S/c1-8-6-14(3-2-4-16-8)11-13-9(7-17-11)10(15)5-12/h7-8H,2-6H2,1H3. The summed E-state index contributed by atoms with van der Waals surface area (Å²) in [4.78, 5) is 17.9. The predicted octanol–water partition coefficient (Wildman–Crippen LogP) is 2.18. The van der Waals surface area contributed by atoms with E-state index >= 15 is 0 Å². The van der Waals surface area contributed by atoms with Crippen molar-refractivity contribution >= 4 is 33.9 Å². The first kappa shape index (κ1) is 12.8. The van der Waals surface area contributed by atoms with Crippen LogP contribution in [0.25, 0.3) is 0 Å². The molecule has 1 aromatic heterocycles. The third-order valence-corrected chi connectivity index (χ3v) is 3.77. The van der Waals surface area contributed by atoms with E-state index in [0.717, 1.165) is 31.2 Å². The van der Waals surface area contributed by atoms with Gasteiger partial charge in [0.25, 0.3) is 0 Å². The Morgan fingerprint density at radius 3 is 3.35 bits per heavy atom. The third-order valence-electron chi connectivity index (χ3n) is 2.62. The molecule has 17 heavy (non-hydrogen) atoms. The minimum absolute atomic E-state index is 0.0112. The lowest BCUT2D eigenvalue weighted by Gasteiger charge is -2.20. The van der Waals surface area contributed by atoms with Crippen LogP contribution >= 0.6 is 22.9 Å². The normalized spacial score (nSPS) is 21.3. The molecule has 1 aliphatic rings. The molecule has 1 saturated heterocycles. The summed E-state index contributed by atoms with van der Waals surface area (Å²) in [5, 5.41) is 2.66. The van der Waals surface area contributed by atoms with Gasteiger partial charge in [-0.15, -0.1) is 22.9 Å². The Hall–Kier alpha value is -0.650. The van der Waals surface area contributed by atoms with Crippen LogP contribution in [0.15, 0.2) is 5.38 Å². The van der Waals surface area contributed by atoms with Gasteiger partial charge in [-0.3, -0.25) is 4.79 Å². The Labute approximate surface area is 110 Å². The van der Waals surface area contributed by atoms with Gasteiger partial charge in [0, 0.05) is 25.1 Å². The van der Waals surface area contributed by atoms with E-state index in [-0.39, 0.29) is 17.8 Å². The first-order valence-electron chi connectivity index (χ1n) is 5.62. The first-order valence-corrected chi connectivity index (χ1v) is 7.03. The molecule has 1 atom stereocenters. The Kier molecular flexibility index (Phi) is 4.36. The molecule has 0 saturated carbocycles. The van der Waals surface area contributed by atoms with Crippen LogP contribution in [0.5, 0.6) is 0 Å². The Morgan fingerprint density at radius 2 is 2.59 bits per heavy atom. The van der Waals surface area contributed by atoms with Crippen molar-refractivity contribution in [2.75, 3.05) is 30.5 Å². The Morgan fingerprint density at radius 1 is 1.76 bits per heavy atom. The maximum absolute atomic E-state index is 11.4. The second-order valence-electron chi connectivity index (χ2n) is 4.05. The molecule has 0 radical (unpaired) electrons. The lowest BCUT2D eigenvalue weighted by molar-refractivity contribution is 0.0821. The van der Waals surface area contributed by atoms with Gasteiger partial charge in [0.2, 0.25) is 0 Å². The smallest absolute Gasteiger partial charge is 0.196 e. The molecule has 1 aromatic rings. The molecule has 0 aliphatic carbocycles. The minimum atomic E-state index is -0.117. The number of hydrogen-bond donors (Lipinski definition) is 0. The molecule has 0 amide bonds. The summed E-state index contributed by atoms with van der Waals surface area (Å²) in [5.74, 6) is -0.129. The summed E-state index contributed by atoms with van der Waals surface area (Å²) in [6.07, 6.45) is 1.19. The maximum atomic E-state index is 11.4. The van der Waals surface area contributed by atoms with Crippen LogP contribution in [0, 0.1) is 0 Å². The van der Waals surface area contributed by atoms with Crippen molar-refractivity contribution in [3.05, 3.63) is 11.1 Å². The highest BCUT2D eigenvalue weighted by Crippen LogP contribution is 2.23. The highest BCUT2D eigenvalue weighted by molar-refractivity contribution is 7.14. The quantitative estimate of drug-likeness (QED) is 0.626. The van der Waals surface area contributed by atoms with Crippen molar-refractivity contribution in [3.63, 3.8) is 0 Å². The monoisotopic (exact) mass is 274 g/mol. The van der Waals surface area contributed by atoms with Gasteiger partial charge in [-0.1, -0.05) is 0 Å². The molecular formula is C11H15ClN2O2S. The van der Waals surface area contributed by atoms with Crippen LogP contribution < -0.4 is 4.90 Å². The van der Waals surface area contributed by atoms with Crippen molar-refractivity contribution in [2.45, 2.75) is 19.4 Å². The van der Waals surface area contributed by atoms with E-state index in [1.807, 2.05) is 0 Å². The van der Waals surface area contributed by atoms with E-state index in [9.17, 15) is 4.79 Å². The number of halogens is 1. The van der Waals surface area contributed by atoms with Gasteiger partial charge < -0.3 is 9.64 Å². The van der Waals surface area contributed by atoms with Crippen molar-refractivity contribution in [1.29, 1.82) is 0 Å². The van der Waals surface area contributed by atoms with E-state index in [0.29, 0.717) is 5.69 Å². The van der Waals surface area contributed by atoms with E-state index in [4.69, 9.17) is 16.3 Å². The van der Waals surface area contributed by atoms with Gasteiger partial charge in [-0.05, 0) is 13.3 Å². The van der Waals surface area contributed by atoms with E-state index < -0.39 is 0 Å². The van der Waals surface area contributed by atoms with E-state index in [1.54, 1.807) is 5.38 Å². The zero-order valence-corrected chi connectivity index (χ0v) is 11.3. The highest BCUT2D eigenvalue weighted by atomic mass is 35.5. The number of carbonyl (C=O) groups excluding carboxylic acids is 1. The van der Waals surface area contributed by atoms with Gasteiger partial charge in [0.05, 0.1) is 12.0 Å². The molecule has 1 fully saturated rings. The summed E-state index contributed by atoms with van der Waals surface area (Å²) < 4.78 is 5.58. The number of carbonyl (C=O) groups is 1. The Balaban J connectivity index is 2.10. The van der Waals surface area contributed by atoms with Gasteiger partial charge >= 0.3 is 0 Å². The van der Waals surface area contributed by atoms with Gasteiger partial charge in [-0.2, -0.15) is 0 Å². The minimum Gasteiger partial charge on any atom is -0.377 e. The lowest BCUT2D eigenvalue weighted by atomic mass is 10.3. The molecule has 4 nitrogen and oxygen atoms in total. The lowest BCUT2D eigenvalue weighted by Crippen LogP contribution is -2.30. The average molecular weight is 275 g/mol. The summed E-state index contributed by atoms with van der Waals surface area (Å²) in [6.45, 7) is 4.58. The summed E-state index contributed by atoms with van der Waals surface area (Å²) in [7, 11) is 0. The van der Waals surface area contributed by atoms with Crippen LogP contribution in [0.2, 0.25) is 0 Å². The number of nitrogens with zero attached hydrogens (tertiary/aromatic N) is 2. The fourth-order valence-corrected chi connectivity index (χ4v) is 2.78. The second kappa shape index (κ2) is 5.80. The van der Waals surface area contributed by atoms with Crippen LogP contribution in [0.4, 0.5) is 5.13 Å². The zero-order valence-electron chi connectivity index (χ0n) is 9.69. The number of hydrogen-bond acceptors (Lipinski definition) is 5. The van der Waals surface area contributed by atoms with Crippen LogP contribution in [0.3, 0.4) is 0 Å². The molecule has 2 rings (SSSR count). The summed E-state index contributed by atoms with van der Waals surface area (Å²) in [5.41, 5.74) is 0.470. The molecule has 0 spiro atoms. The summed E-state index contributed by atoms with van der Waals surface area (Å²) in [6, 6.07) is 0. The van der Waals surface area contributed by atoms with Gasteiger partial charge in [0.15, 0.2) is 10.9 Å². The molecule has 6 heteroatoms. The summed E-state index contributed by atoms with van der Waals surface area (Å²) >= 11 is 7.00. The van der Waals surface area contributed by atoms with Crippen LogP contribution in [-0.4, -0.2) is 42.4 Å². The van der Waals surface area contributed by atoms with Crippen LogP contribution in [0.1, 0.15) is 23.8 Å². The largest absolute Gasteiger partial charge is 0.377 e. The molecule has 1 unspecified atom stereocenters. The molecule has 94 valence electrons. The second-order valence-corrected chi connectivity index (χ2v) is 5.16. The fraction of sp³-hybridized carbons (Fsp3) is 0.636. The van der Waals surface area contributed by atoms with Crippen molar-refractivity contribution < 1.29 is 9.53 Å². The number of aromatic nitrogens is 1. The number of ketones is 1. The van der Waals surface area contributed by atoms with Crippen molar-refractivity contribution in [3.8, 4) is 0 Å². The number of thiazole rings is 1. The number of rotatable bonds is 3. The average Bonchev–Trinajstić information content (AvgIpc) is 2.72. The molecular weight excluding hydrogens is 260 g/mol. The molecule has 2 heterocycles. The van der Waals surface area contributed by atoms with Gasteiger partial charge in [-0.25, -0.2) is 4.98 Å². The number of alkyl halides is 1. The fourth-order valence-electron chi connectivity index (χ4n) is 1.77. The SMILES string of the molecule is CC1CN(c2nc(C(=O)CCl)cs2)CCCO1. The molecule has 1 aliphatic heterocycles. The molecule has 0 N–H and O–H groups in total. The number of anilines is 1. The topological polar surface area (TPSA) is 42.4 Å². The third kappa shape index (κ3) is 3.18. The first-order chi connectivity index (χ1) is 8.20. The number of ether oxygens (including phenoxy) is 1. The van der Waals surface area contributed by atoms with Crippen LogP contribution in [-0.2, 0) is 4.74 Å². The zero-order chi connectivity index (χ0) is 12.3. The number of Topliss-reactive ketones (excluding diaryl/α,β-unsaturated/α-hetero) is 1. The van der Waals surface area contributed by atoms with E-state index in [2.05, 4.69) is 16.8 Å². The molecule has 0 bridgehead atoms. The van der Waals surface area contributed by atoms with E-state index in [1.165, 1.54) is 11.3 Å². The van der Waals surface area contributed by atoms with Crippen molar-refractivity contribution in [2.24, 2.45) is 0 Å². The Bertz CT molecular complexity index is 397. The van der Waals surface area contributed by atoms with Gasteiger partial charge in [0.1, 0.15) is 5.69 Å². The predicted molar refractivity (Wildman–Crippen MR) is 69.4 cm³/mol. The molecule has 0 aromatic carbocycles.